The SMILES string of the molecule is COC1C(C)[C@H](O[C@@H]2C(COCc3ccccc3)O[C@H](OC)C(C)[C@H]2C)O[C@@H](Cc2ccccc2)[C@H]1O[C@H]1O[C@@H](COC(C)=O)[C@@H](O[C@@H]2OC(Cc3ccccc3)[C@@H](C)[C@H](C)C2C)C(C)C1C.O=C=O.O=C=O. The smallest absolute Gasteiger partial charge is 0.373 e. The molecule has 402 valence electrons. The van der Waals surface area contributed by atoms with E-state index in [1.807, 2.05) is 54.6 Å². The van der Waals surface area contributed by atoms with Gasteiger partial charge in [-0.15, -0.1) is 0 Å². The van der Waals surface area contributed by atoms with Crippen molar-refractivity contribution in [2.75, 3.05) is 27.4 Å². The topological polar surface area (TPSA) is 187 Å². The minimum Gasteiger partial charge on any atom is -0.463 e. The highest BCUT2D eigenvalue weighted by Crippen LogP contribution is 2.43. The Bertz CT molecular complexity index is 2110. The molecule has 4 aliphatic heterocycles. The average molecular weight is 1020 g/mol. The summed E-state index contributed by atoms with van der Waals surface area (Å²) in [5.41, 5.74) is 3.40. The van der Waals surface area contributed by atoms with Crippen molar-refractivity contribution in [3.05, 3.63) is 108 Å². The lowest BCUT2D eigenvalue weighted by molar-refractivity contribution is -0.367. The number of rotatable bonds is 18. The van der Waals surface area contributed by atoms with Gasteiger partial charge in [-0.1, -0.05) is 146 Å². The lowest BCUT2D eigenvalue weighted by atomic mass is 9.77. The average Bonchev–Trinajstić information content (AvgIpc) is 3.38. The first kappa shape index (κ1) is 59.4. The van der Waals surface area contributed by atoms with Crippen molar-refractivity contribution in [3.63, 3.8) is 0 Å². The molecule has 4 fully saturated rings. The fraction of sp³-hybridized carbons (Fsp3) is 0.632. The molecule has 0 radical (unpaired) electrons. The Morgan fingerprint density at radius 3 is 1.33 bits per heavy atom. The minimum absolute atomic E-state index is 0.00623. The summed E-state index contributed by atoms with van der Waals surface area (Å²) in [5.74, 6) is 0.0228. The summed E-state index contributed by atoms with van der Waals surface area (Å²) in [6.07, 6.45) is -3.78. The number of hydrogen-bond acceptors (Lipinski definition) is 16. The fourth-order valence-electron chi connectivity index (χ4n) is 10.6. The number of hydrogen-bond donors (Lipinski definition) is 0. The Hall–Kier alpha value is -4.51. The van der Waals surface area contributed by atoms with Crippen molar-refractivity contribution in [3.8, 4) is 0 Å². The van der Waals surface area contributed by atoms with E-state index in [1.165, 1.54) is 12.5 Å². The number of esters is 1. The Morgan fingerprint density at radius 2 is 0.836 bits per heavy atom. The Morgan fingerprint density at radius 1 is 0.438 bits per heavy atom. The monoisotopic (exact) mass is 1020 g/mol. The van der Waals surface area contributed by atoms with E-state index in [2.05, 4.69) is 91.8 Å². The van der Waals surface area contributed by atoms with Gasteiger partial charge in [0.25, 0.3) is 0 Å². The van der Waals surface area contributed by atoms with Gasteiger partial charge in [0.15, 0.2) is 25.2 Å². The lowest BCUT2D eigenvalue weighted by Crippen LogP contribution is -2.62. The zero-order chi connectivity index (χ0) is 53.2. The molecule has 16 heteroatoms. The molecule has 7 rings (SSSR count). The molecule has 4 heterocycles. The maximum atomic E-state index is 12.3. The highest BCUT2D eigenvalue weighted by atomic mass is 16.8. The van der Waals surface area contributed by atoms with Gasteiger partial charge in [-0.2, -0.15) is 19.2 Å². The van der Waals surface area contributed by atoms with Crippen LogP contribution < -0.4 is 0 Å². The summed E-state index contributed by atoms with van der Waals surface area (Å²) in [7, 11) is 3.40. The first-order valence-electron chi connectivity index (χ1n) is 25.6. The van der Waals surface area contributed by atoms with E-state index in [0.717, 1.165) is 17.5 Å². The standard InChI is InChI=1S/C55H78O12.2CO2/c1-32-33(2)44(27-41-21-15-12-16-22-41)61-53(36(32)5)65-49-35(4)38(7)54(64-47(49)31-60-40(9)56)67-51-45(28-42-23-17-13-18-24-42)62-55(39(8)50(51)57-10)66-48-34(3)37(6)52(58-11)63-46(48)30-59-29-43-25-19-14-20-26-43;2*2-1-3/h12-26,32-39,44-55H,27-31H2,1-11H3;;/t32-,33-,34+,35?,36?,37?,38?,39?,44?,45-,46?,47-,48-,49-,50?,51+,52-,53-,54+,55-;;/m0../s1. The number of carbonyl (C=O) groups is 1. The molecule has 0 aromatic heterocycles. The normalized spacial score (nSPS) is 36.2. The quantitative estimate of drug-likeness (QED) is 0.112. The second-order valence-corrected chi connectivity index (χ2v) is 20.1. The maximum absolute atomic E-state index is 12.3. The predicted octanol–water partition coefficient (Wildman–Crippen LogP) is 7.89. The molecular weight excluding hydrogens is 941 g/mol. The van der Waals surface area contributed by atoms with Crippen molar-refractivity contribution in [1.82, 2.24) is 0 Å². The number of ether oxygens (including phenoxy) is 11. The van der Waals surface area contributed by atoms with Gasteiger partial charge < -0.3 is 52.1 Å². The number of methoxy groups -OCH3 is 2. The van der Waals surface area contributed by atoms with Crippen molar-refractivity contribution in [2.24, 2.45) is 47.3 Å². The van der Waals surface area contributed by atoms with Gasteiger partial charge in [0.05, 0.1) is 43.7 Å². The molecule has 3 aromatic rings. The predicted molar refractivity (Wildman–Crippen MR) is 263 cm³/mol. The van der Waals surface area contributed by atoms with E-state index in [1.54, 1.807) is 14.2 Å². The van der Waals surface area contributed by atoms with Crippen LogP contribution in [0.1, 0.15) is 79.0 Å². The molecule has 4 aliphatic rings. The molecule has 3 aromatic carbocycles. The van der Waals surface area contributed by atoms with Crippen LogP contribution in [0.5, 0.6) is 0 Å². The first-order valence-corrected chi connectivity index (χ1v) is 25.6. The lowest BCUT2D eigenvalue weighted by Gasteiger charge is -2.52. The molecule has 0 aliphatic carbocycles. The highest BCUT2D eigenvalue weighted by Gasteiger charge is 2.53. The van der Waals surface area contributed by atoms with Gasteiger partial charge in [0, 0.05) is 51.2 Å². The molecule has 20 atom stereocenters. The van der Waals surface area contributed by atoms with Gasteiger partial charge in [-0.25, -0.2) is 0 Å². The molecule has 0 bridgehead atoms. The summed E-state index contributed by atoms with van der Waals surface area (Å²) in [5, 5.41) is 0. The summed E-state index contributed by atoms with van der Waals surface area (Å²) in [6.45, 7) is 19.6. The first-order chi connectivity index (χ1) is 35.1. The second kappa shape index (κ2) is 29.5. The Labute approximate surface area is 431 Å². The molecule has 0 N–H and O–H groups in total. The largest absolute Gasteiger partial charge is 0.463 e. The summed E-state index contributed by atoms with van der Waals surface area (Å²) in [4.78, 5) is 44.8. The van der Waals surface area contributed by atoms with Crippen LogP contribution in [0.3, 0.4) is 0 Å². The van der Waals surface area contributed by atoms with Crippen molar-refractivity contribution >= 4 is 18.3 Å². The van der Waals surface area contributed by atoms with Gasteiger partial charge in [-0.05, 0) is 46.8 Å². The summed E-state index contributed by atoms with van der Waals surface area (Å²) >= 11 is 0. The van der Waals surface area contributed by atoms with Gasteiger partial charge in [0.2, 0.25) is 0 Å². The zero-order valence-electron chi connectivity index (χ0n) is 44.3. The van der Waals surface area contributed by atoms with Crippen LogP contribution in [-0.2, 0) is 95.5 Å². The van der Waals surface area contributed by atoms with E-state index >= 15 is 0 Å². The minimum atomic E-state index is -0.705. The van der Waals surface area contributed by atoms with Crippen LogP contribution in [-0.4, -0.2) is 120 Å². The number of benzene rings is 3. The molecule has 4 saturated heterocycles. The van der Waals surface area contributed by atoms with E-state index in [4.69, 9.17) is 71.3 Å². The van der Waals surface area contributed by atoms with Crippen LogP contribution in [0.2, 0.25) is 0 Å². The van der Waals surface area contributed by atoms with E-state index in [9.17, 15) is 4.79 Å². The van der Waals surface area contributed by atoms with Crippen LogP contribution in [0.15, 0.2) is 91.0 Å². The Balaban J connectivity index is 0.00000157. The zero-order valence-corrected chi connectivity index (χ0v) is 44.3. The molecule has 16 nitrogen and oxygen atoms in total. The maximum Gasteiger partial charge on any atom is 0.373 e. The highest BCUT2D eigenvalue weighted by molar-refractivity contribution is 5.65. The summed E-state index contributed by atoms with van der Waals surface area (Å²) < 4.78 is 73.0. The molecule has 0 amide bonds. The fourth-order valence-corrected chi connectivity index (χ4v) is 10.6. The molecular formula is C57H78O16. The summed E-state index contributed by atoms with van der Waals surface area (Å²) in [6, 6.07) is 30.8. The van der Waals surface area contributed by atoms with Gasteiger partial charge >= 0.3 is 18.3 Å². The van der Waals surface area contributed by atoms with E-state index < -0.39 is 67.8 Å². The van der Waals surface area contributed by atoms with Gasteiger partial charge in [0.1, 0.15) is 24.9 Å². The van der Waals surface area contributed by atoms with Crippen molar-refractivity contribution in [1.29, 1.82) is 0 Å². The van der Waals surface area contributed by atoms with Crippen LogP contribution in [0.4, 0.5) is 0 Å². The molecule has 8 unspecified atom stereocenters. The molecule has 73 heavy (non-hydrogen) atoms. The van der Waals surface area contributed by atoms with Crippen LogP contribution in [0.25, 0.3) is 0 Å². The van der Waals surface area contributed by atoms with Crippen LogP contribution in [0, 0.1) is 47.3 Å². The van der Waals surface area contributed by atoms with Crippen molar-refractivity contribution < 1.29 is 76.1 Å². The third-order valence-electron chi connectivity index (χ3n) is 15.6. The van der Waals surface area contributed by atoms with Crippen molar-refractivity contribution in [2.45, 2.75) is 156 Å². The third-order valence-corrected chi connectivity index (χ3v) is 15.6. The van der Waals surface area contributed by atoms with Gasteiger partial charge in [-0.3, -0.25) is 4.79 Å². The van der Waals surface area contributed by atoms with E-state index in [0.29, 0.717) is 31.5 Å². The third kappa shape index (κ3) is 16.0. The second-order valence-electron chi connectivity index (χ2n) is 20.1. The molecule has 0 spiro atoms. The molecule has 0 saturated carbocycles. The van der Waals surface area contributed by atoms with Crippen LogP contribution >= 0.6 is 0 Å². The number of carbonyl (C=O) groups excluding carboxylic acids is 5. The van der Waals surface area contributed by atoms with E-state index in [-0.39, 0.29) is 66.6 Å². The Kier molecular flexibility index (Phi) is 24.0.